The van der Waals surface area contributed by atoms with E-state index in [4.69, 9.17) is 10.5 Å². The van der Waals surface area contributed by atoms with Crippen LogP contribution in [0.1, 0.15) is 0 Å². The van der Waals surface area contributed by atoms with Crippen molar-refractivity contribution >= 4 is 48.9 Å². The number of aromatic nitrogens is 1. The van der Waals surface area contributed by atoms with Gasteiger partial charge in [0.1, 0.15) is 5.75 Å². The maximum Gasteiger partial charge on any atom is 0.122 e. The van der Waals surface area contributed by atoms with Gasteiger partial charge >= 0.3 is 0 Å². The molecular formula is C12H11Br2N3O. The third kappa shape index (κ3) is 2.94. The molecule has 6 heteroatoms. The van der Waals surface area contributed by atoms with Gasteiger partial charge in [-0.15, -0.1) is 0 Å². The molecule has 0 aliphatic carbocycles. The molecule has 0 unspecified atom stereocenters. The molecule has 3 N–H and O–H groups in total. The van der Waals surface area contributed by atoms with E-state index in [1.54, 1.807) is 19.5 Å². The number of hydrogen-bond donors (Lipinski definition) is 2. The van der Waals surface area contributed by atoms with Crippen molar-refractivity contribution in [3.63, 3.8) is 0 Å². The van der Waals surface area contributed by atoms with Crippen LogP contribution in [0.5, 0.6) is 5.75 Å². The van der Waals surface area contributed by atoms with Crippen molar-refractivity contribution < 1.29 is 4.74 Å². The van der Waals surface area contributed by atoms with Crippen molar-refractivity contribution in [2.24, 2.45) is 0 Å². The lowest BCUT2D eigenvalue weighted by atomic mass is 10.2. The Labute approximate surface area is 122 Å². The normalized spacial score (nSPS) is 10.2. The van der Waals surface area contributed by atoms with Crippen LogP contribution in [0, 0.1) is 0 Å². The summed E-state index contributed by atoms with van der Waals surface area (Å²) < 4.78 is 6.94. The molecule has 2 aromatic rings. The Morgan fingerprint density at radius 2 is 2.00 bits per heavy atom. The number of ether oxygens (including phenoxy) is 1. The summed E-state index contributed by atoms with van der Waals surface area (Å²) in [7, 11) is 1.63. The van der Waals surface area contributed by atoms with Gasteiger partial charge in [-0.05, 0) is 28.1 Å². The Bertz CT molecular complexity index is 555. The van der Waals surface area contributed by atoms with E-state index in [9.17, 15) is 0 Å². The molecule has 0 aliphatic heterocycles. The van der Waals surface area contributed by atoms with Gasteiger partial charge in [0.05, 0.1) is 29.2 Å². The summed E-state index contributed by atoms with van der Waals surface area (Å²) >= 11 is 6.84. The molecule has 0 saturated carbocycles. The summed E-state index contributed by atoms with van der Waals surface area (Å²) in [6, 6.07) is 5.71. The fourth-order valence-electron chi connectivity index (χ4n) is 1.48. The number of nitrogens with one attached hydrogen (secondary N) is 1. The number of nitrogen functional groups attached to an aromatic ring is 1. The lowest BCUT2D eigenvalue weighted by Gasteiger charge is -2.12. The zero-order chi connectivity index (χ0) is 13.1. The number of methoxy groups -OCH3 is 1. The molecule has 0 bridgehead atoms. The average molecular weight is 373 g/mol. The van der Waals surface area contributed by atoms with Crippen LogP contribution in [0.3, 0.4) is 0 Å². The fourth-order valence-corrected chi connectivity index (χ4v) is 2.40. The van der Waals surface area contributed by atoms with Gasteiger partial charge in [-0.3, -0.25) is 4.98 Å². The third-order valence-corrected chi connectivity index (χ3v) is 3.36. The van der Waals surface area contributed by atoms with Gasteiger partial charge in [0.2, 0.25) is 0 Å². The Morgan fingerprint density at radius 1 is 1.22 bits per heavy atom. The van der Waals surface area contributed by atoms with Crippen LogP contribution >= 0.6 is 31.9 Å². The van der Waals surface area contributed by atoms with Crippen LogP contribution in [0.15, 0.2) is 39.5 Å². The molecule has 0 spiro atoms. The number of pyridine rings is 1. The second-order valence-electron chi connectivity index (χ2n) is 3.59. The predicted molar refractivity (Wildman–Crippen MR) is 80.3 cm³/mol. The molecule has 0 atom stereocenters. The van der Waals surface area contributed by atoms with Gasteiger partial charge in [0.15, 0.2) is 0 Å². The van der Waals surface area contributed by atoms with E-state index < -0.39 is 0 Å². The van der Waals surface area contributed by atoms with E-state index in [-0.39, 0.29) is 0 Å². The third-order valence-electron chi connectivity index (χ3n) is 2.31. The second kappa shape index (κ2) is 5.58. The van der Waals surface area contributed by atoms with E-state index in [1.165, 1.54) is 0 Å². The van der Waals surface area contributed by atoms with E-state index >= 15 is 0 Å². The van der Waals surface area contributed by atoms with Crippen LogP contribution < -0.4 is 15.8 Å². The maximum absolute atomic E-state index is 5.88. The summed E-state index contributed by atoms with van der Waals surface area (Å²) in [6.07, 6.45) is 3.29. The Hall–Kier alpha value is -1.27. The SMILES string of the molecule is COc1cc(Br)cc(Nc2c(N)cncc2Br)c1. The molecule has 4 nitrogen and oxygen atoms in total. The molecule has 0 amide bonds. The van der Waals surface area contributed by atoms with Crippen molar-refractivity contribution in [1.29, 1.82) is 0 Å². The molecule has 0 radical (unpaired) electrons. The number of hydrogen-bond acceptors (Lipinski definition) is 4. The van der Waals surface area contributed by atoms with Gasteiger partial charge in [-0.25, -0.2) is 0 Å². The van der Waals surface area contributed by atoms with Crippen LogP contribution in [0.25, 0.3) is 0 Å². The number of benzene rings is 1. The molecule has 0 aliphatic rings. The summed E-state index contributed by atoms with van der Waals surface area (Å²) in [4.78, 5) is 3.99. The largest absolute Gasteiger partial charge is 0.497 e. The average Bonchev–Trinajstić information content (AvgIpc) is 2.33. The number of nitrogens with zero attached hydrogens (tertiary/aromatic N) is 1. The molecule has 1 aromatic carbocycles. The van der Waals surface area contributed by atoms with Crippen LogP contribution in [-0.2, 0) is 0 Å². The first-order valence-corrected chi connectivity index (χ1v) is 6.69. The first-order chi connectivity index (χ1) is 8.60. The Kier molecular flexibility index (Phi) is 4.08. The zero-order valence-corrected chi connectivity index (χ0v) is 12.7. The minimum atomic E-state index is 0.573. The van der Waals surface area contributed by atoms with E-state index in [0.29, 0.717) is 5.69 Å². The summed E-state index contributed by atoms with van der Waals surface area (Å²) in [5.74, 6) is 0.760. The highest BCUT2D eigenvalue weighted by molar-refractivity contribution is 9.10. The molecule has 0 saturated heterocycles. The highest BCUT2D eigenvalue weighted by Crippen LogP contribution is 2.32. The zero-order valence-electron chi connectivity index (χ0n) is 9.58. The lowest BCUT2D eigenvalue weighted by Crippen LogP contribution is -1.98. The summed E-state index contributed by atoms with van der Waals surface area (Å²) in [6.45, 7) is 0. The molecule has 1 heterocycles. The number of nitrogens with two attached hydrogens (primary N) is 1. The molecule has 0 fully saturated rings. The van der Waals surface area contributed by atoms with Crippen LogP contribution in [0.2, 0.25) is 0 Å². The van der Waals surface area contributed by atoms with E-state index in [0.717, 1.165) is 26.1 Å². The first-order valence-electron chi connectivity index (χ1n) is 5.10. The highest BCUT2D eigenvalue weighted by Gasteiger charge is 2.06. The van der Waals surface area contributed by atoms with Crippen molar-refractivity contribution in [2.75, 3.05) is 18.2 Å². The fraction of sp³-hybridized carbons (Fsp3) is 0.0833. The van der Waals surface area contributed by atoms with Gasteiger partial charge in [0.25, 0.3) is 0 Å². The quantitative estimate of drug-likeness (QED) is 0.856. The predicted octanol–water partition coefficient (Wildman–Crippen LogP) is 3.94. The maximum atomic E-state index is 5.88. The molecule has 1 aromatic heterocycles. The summed E-state index contributed by atoms with van der Waals surface area (Å²) in [5.41, 5.74) is 8.11. The highest BCUT2D eigenvalue weighted by atomic mass is 79.9. The minimum absolute atomic E-state index is 0.573. The second-order valence-corrected chi connectivity index (χ2v) is 5.36. The standard InChI is InChI=1S/C12H11Br2N3O/c1-18-9-3-7(13)2-8(4-9)17-12-10(14)5-16-6-11(12)15/h2-6H,15H2,1H3,(H,16,17). The molecular weight excluding hydrogens is 362 g/mol. The molecule has 94 valence electrons. The number of anilines is 3. The lowest BCUT2D eigenvalue weighted by molar-refractivity contribution is 0.415. The molecule has 2 rings (SSSR count). The van der Waals surface area contributed by atoms with Crippen LogP contribution in [0.4, 0.5) is 17.1 Å². The van der Waals surface area contributed by atoms with Crippen molar-refractivity contribution in [1.82, 2.24) is 4.98 Å². The number of halogens is 2. The summed E-state index contributed by atoms with van der Waals surface area (Å²) in [5, 5.41) is 3.23. The van der Waals surface area contributed by atoms with Crippen molar-refractivity contribution in [3.05, 3.63) is 39.5 Å². The van der Waals surface area contributed by atoms with Crippen LogP contribution in [-0.4, -0.2) is 12.1 Å². The first kappa shape index (κ1) is 13.2. The van der Waals surface area contributed by atoms with Gasteiger partial charge in [-0.1, -0.05) is 15.9 Å². The van der Waals surface area contributed by atoms with Crippen molar-refractivity contribution in [3.8, 4) is 5.75 Å². The topological polar surface area (TPSA) is 60.2 Å². The minimum Gasteiger partial charge on any atom is -0.497 e. The Balaban J connectivity index is 2.37. The smallest absolute Gasteiger partial charge is 0.122 e. The number of rotatable bonds is 3. The van der Waals surface area contributed by atoms with Crippen molar-refractivity contribution in [2.45, 2.75) is 0 Å². The van der Waals surface area contributed by atoms with Gasteiger partial charge < -0.3 is 15.8 Å². The van der Waals surface area contributed by atoms with E-state index in [1.807, 2.05) is 18.2 Å². The van der Waals surface area contributed by atoms with E-state index in [2.05, 4.69) is 42.2 Å². The Morgan fingerprint density at radius 3 is 2.67 bits per heavy atom. The van der Waals surface area contributed by atoms with Gasteiger partial charge in [-0.2, -0.15) is 0 Å². The molecule has 18 heavy (non-hydrogen) atoms. The monoisotopic (exact) mass is 371 g/mol. The van der Waals surface area contributed by atoms with Gasteiger partial charge in [0, 0.05) is 22.4 Å².